The van der Waals surface area contributed by atoms with Crippen molar-refractivity contribution in [1.82, 2.24) is 10.2 Å². The van der Waals surface area contributed by atoms with Gasteiger partial charge in [0.15, 0.2) is 0 Å². The van der Waals surface area contributed by atoms with Crippen molar-refractivity contribution in [2.75, 3.05) is 19.6 Å². The molecule has 0 aromatic heterocycles. The first kappa shape index (κ1) is 14.8. The van der Waals surface area contributed by atoms with Crippen molar-refractivity contribution in [3.63, 3.8) is 0 Å². The Kier molecular flexibility index (Phi) is 4.16. The van der Waals surface area contributed by atoms with Gasteiger partial charge in [-0.15, -0.1) is 0 Å². The summed E-state index contributed by atoms with van der Waals surface area (Å²) in [7, 11) is 0. The maximum atomic E-state index is 4.00. The van der Waals surface area contributed by atoms with E-state index in [0.717, 1.165) is 11.8 Å². The van der Waals surface area contributed by atoms with Gasteiger partial charge in [0, 0.05) is 30.7 Å². The summed E-state index contributed by atoms with van der Waals surface area (Å²) in [5.74, 6) is 1.82. The van der Waals surface area contributed by atoms with E-state index >= 15 is 0 Å². The van der Waals surface area contributed by atoms with Gasteiger partial charge in [-0.05, 0) is 50.9 Å². The van der Waals surface area contributed by atoms with Gasteiger partial charge in [0.2, 0.25) is 0 Å². The molecule has 0 aromatic carbocycles. The van der Waals surface area contributed by atoms with Crippen LogP contribution in [0.1, 0.15) is 72.1 Å². The average molecular weight is 278 g/mol. The van der Waals surface area contributed by atoms with Crippen LogP contribution in [0.15, 0.2) is 0 Å². The van der Waals surface area contributed by atoms with E-state index in [1.165, 1.54) is 71.0 Å². The predicted octanol–water partition coefficient (Wildman–Crippen LogP) is 3.81. The molecule has 3 fully saturated rings. The molecule has 0 amide bonds. The van der Waals surface area contributed by atoms with Crippen LogP contribution in [0.4, 0.5) is 0 Å². The Bertz CT molecular complexity index is 330. The Morgan fingerprint density at radius 2 is 1.95 bits per heavy atom. The molecule has 1 N–H and O–H groups in total. The lowest BCUT2D eigenvalue weighted by atomic mass is 9.82. The number of nitrogens with zero attached hydrogens (tertiary/aromatic N) is 1. The van der Waals surface area contributed by atoms with Gasteiger partial charge >= 0.3 is 0 Å². The third-order valence-electron chi connectivity index (χ3n) is 6.37. The Balaban J connectivity index is 1.71. The van der Waals surface area contributed by atoms with E-state index in [1.54, 1.807) is 0 Å². The summed E-state index contributed by atoms with van der Waals surface area (Å²) in [4.78, 5) is 2.91. The van der Waals surface area contributed by atoms with Crippen LogP contribution in [0, 0.1) is 11.8 Å². The monoisotopic (exact) mass is 278 g/mol. The van der Waals surface area contributed by atoms with Crippen molar-refractivity contribution in [2.45, 2.75) is 83.2 Å². The third-order valence-corrected chi connectivity index (χ3v) is 6.37. The van der Waals surface area contributed by atoms with Gasteiger partial charge in [-0.2, -0.15) is 0 Å². The fraction of sp³-hybridized carbons (Fsp3) is 1.00. The highest BCUT2D eigenvalue weighted by atomic mass is 15.3. The molecule has 1 spiro atoms. The molecule has 2 unspecified atom stereocenters. The first-order chi connectivity index (χ1) is 9.58. The van der Waals surface area contributed by atoms with Crippen molar-refractivity contribution in [3.8, 4) is 0 Å². The Hall–Kier alpha value is -0.0800. The molecular formula is C18H34N2. The van der Waals surface area contributed by atoms with E-state index in [4.69, 9.17) is 0 Å². The Morgan fingerprint density at radius 1 is 1.25 bits per heavy atom. The van der Waals surface area contributed by atoms with Crippen molar-refractivity contribution in [3.05, 3.63) is 0 Å². The summed E-state index contributed by atoms with van der Waals surface area (Å²) in [6.07, 6.45) is 11.3. The maximum Gasteiger partial charge on any atom is 0.0335 e. The van der Waals surface area contributed by atoms with Gasteiger partial charge in [0.25, 0.3) is 0 Å². The van der Waals surface area contributed by atoms with E-state index in [9.17, 15) is 0 Å². The molecular weight excluding hydrogens is 244 g/mol. The van der Waals surface area contributed by atoms with Crippen LogP contribution >= 0.6 is 0 Å². The average Bonchev–Trinajstić information content (AvgIpc) is 3.18. The molecule has 2 nitrogen and oxygen atoms in total. The maximum absolute atomic E-state index is 4.00. The van der Waals surface area contributed by atoms with E-state index in [2.05, 4.69) is 31.0 Å². The van der Waals surface area contributed by atoms with E-state index in [0.29, 0.717) is 11.1 Å². The van der Waals surface area contributed by atoms with Crippen molar-refractivity contribution < 1.29 is 0 Å². The molecule has 1 saturated heterocycles. The lowest BCUT2D eigenvalue weighted by molar-refractivity contribution is -0.00729. The summed E-state index contributed by atoms with van der Waals surface area (Å²) in [6.45, 7) is 11.2. The zero-order valence-corrected chi connectivity index (χ0v) is 13.9. The predicted molar refractivity (Wildman–Crippen MR) is 86.0 cm³/mol. The van der Waals surface area contributed by atoms with Crippen LogP contribution in [-0.4, -0.2) is 35.6 Å². The molecule has 2 atom stereocenters. The van der Waals surface area contributed by atoms with Crippen LogP contribution in [0.25, 0.3) is 0 Å². The fourth-order valence-corrected chi connectivity index (χ4v) is 4.81. The molecule has 0 bridgehead atoms. The third kappa shape index (κ3) is 2.78. The zero-order chi connectivity index (χ0) is 14.2. The Morgan fingerprint density at radius 3 is 2.55 bits per heavy atom. The molecule has 1 aliphatic heterocycles. The molecule has 2 aliphatic carbocycles. The van der Waals surface area contributed by atoms with Crippen LogP contribution < -0.4 is 5.32 Å². The van der Waals surface area contributed by atoms with Crippen molar-refractivity contribution in [2.24, 2.45) is 11.8 Å². The standard InChI is InChI=1S/C18H34N2/c1-4-7-15(2)12-20-14-18(10-5-6-11-18)19-13-17(20,3)16-8-9-16/h15-16,19H,4-14H2,1-3H3. The first-order valence-corrected chi connectivity index (χ1v) is 9.08. The number of nitrogens with one attached hydrogen (secondary N) is 1. The van der Waals surface area contributed by atoms with Crippen LogP contribution in [-0.2, 0) is 0 Å². The van der Waals surface area contributed by atoms with E-state index in [1.807, 2.05) is 0 Å². The van der Waals surface area contributed by atoms with Gasteiger partial charge in [-0.1, -0.05) is 33.1 Å². The molecule has 0 radical (unpaired) electrons. The summed E-state index contributed by atoms with van der Waals surface area (Å²) in [5, 5.41) is 4.00. The summed E-state index contributed by atoms with van der Waals surface area (Å²) in [6, 6.07) is 0. The van der Waals surface area contributed by atoms with Crippen molar-refractivity contribution in [1.29, 1.82) is 0 Å². The van der Waals surface area contributed by atoms with Gasteiger partial charge in [-0.25, -0.2) is 0 Å². The quantitative estimate of drug-likeness (QED) is 0.822. The second kappa shape index (κ2) is 5.61. The second-order valence-electron chi connectivity index (χ2n) is 8.25. The SMILES string of the molecule is CCCC(C)CN1CC2(CCCC2)NCC1(C)C1CC1. The molecule has 2 saturated carbocycles. The summed E-state index contributed by atoms with van der Waals surface area (Å²) >= 11 is 0. The van der Waals surface area contributed by atoms with E-state index in [-0.39, 0.29) is 0 Å². The molecule has 0 aromatic rings. The van der Waals surface area contributed by atoms with Gasteiger partial charge in [0.1, 0.15) is 0 Å². The molecule has 2 heteroatoms. The van der Waals surface area contributed by atoms with E-state index < -0.39 is 0 Å². The first-order valence-electron chi connectivity index (χ1n) is 9.08. The highest BCUT2D eigenvalue weighted by molar-refractivity contribution is 5.10. The topological polar surface area (TPSA) is 15.3 Å². The number of hydrogen-bond acceptors (Lipinski definition) is 2. The largest absolute Gasteiger partial charge is 0.308 e. The molecule has 3 aliphatic rings. The highest BCUT2D eigenvalue weighted by Crippen LogP contribution is 2.47. The second-order valence-corrected chi connectivity index (χ2v) is 8.25. The van der Waals surface area contributed by atoms with Gasteiger partial charge < -0.3 is 5.32 Å². The zero-order valence-electron chi connectivity index (χ0n) is 13.9. The van der Waals surface area contributed by atoms with Crippen molar-refractivity contribution >= 4 is 0 Å². The molecule has 20 heavy (non-hydrogen) atoms. The molecule has 1 heterocycles. The fourth-order valence-electron chi connectivity index (χ4n) is 4.81. The van der Waals surface area contributed by atoms with Crippen LogP contribution in [0.2, 0.25) is 0 Å². The lowest BCUT2D eigenvalue weighted by Crippen LogP contribution is -2.69. The number of piperazine rings is 1. The normalized spacial score (nSPS) is 35.5. The van der Waals surface area contributed by atoms with Crippen LogP contribution in [0.5, 0.6) is 0 Å². The minimum atomic E-state index is 0.440. The summed E-state index contributed by atoms with van der Waals surface area (Å²) < 4.78 is 0. The minimum absolute atomic E-state index is 0.440. The Labute approximate surface area is 125 Å². The van der Waals surface area contributed by atoms with Gasteiger partial charge in [-0.3, -0.25) is 4.90 Å². The highest BCUT2D eigenvalue weighted by Gasteiger charge is 2.52. The summed E-state index contributed by atoms with van der Waals surface area (Å²) in [5.41, 5.74) is 0.913. The smallest absolute Gasteiger partial charge is 0.0335 e. The number of hydrogen-bond donors (Lipinski definition) is 1. The minimum Gasteiger partial charge on any atom is -0.308 e. The molecule has 116 valence electrons. The molecule has 3 rings (SSSR count). The number of rotatable bonds is 5. The van der Waals surface area contributed by atoms with Gasteiger partial charge in [0.05, 0.1) is 0 Å². The van der Waals surface area contributed by atoms with Crippen LogP contribution in [0.3, 0.4) is 0 Å². The lowest BCUT2D eigenvalue weighted by Gasteiger charge is -2.53.